The molecule has 1 fully saturated rings. The lowest BCUT2D eigenvalue weighted by atomic mass is 10.2. The third kappa shape index (κ3) is 3.85. The van der Waals surface area contributed by atoms with Gasteiger partial charge in [0.05, 0.1) is 23.7 Å². The minimum absolute atomic E-state index is 0.0238. The summed E-state index contributed by atoms with van der Waals surface area (Å²) in [6.07, 6.45) is 0.0332. The van der Waals surface area contributed by atoms with Crippen molar-refractivity contribution >= 4 is 17.5 Å². The molecule has 0 radical (unpaired) electrons. The Hall–Kier alpha value is -1.30. The van der Waals surface area contributed by atoms with Crippen molar-refractivity contribution in [3.8, 4) is 5.75 Å². The Morgan fingerprint density at radius 1 is 1.55 bits per heavy atom. The van der Waals surface area contributed by atoms with Gasteiger partial charge in [-0.3, -0.25) is 4.79 Å². The fourth-order valence-electron chi connectivity index (χ4n) is 2.14. The highest BCUT2D eigenvalue weighted by molar-refractivity contribution is 6.32. The van der Waals surface area contributed by atoms with Gasteiger partial charge in [0.25, 0.3) is 0 Å². The highest BCUT2D eigenvalue weighted by atomic mass is 35.5. The summed E-state index contributed by atoms with van der Waals surface area (Å²) in [5.74, 6) is 0.591. The molecule has 0 aromatic heterocycles. The first-order valence-electron chi connectivity index (χ1n) is 6.61. The lowest BCUT2D eigenvalue weighted by Gasteiger charge is -2.21. The van der Waals surface area contributed by atoms with Gasteiger partial charge in [-0.1, -0.05) is 23.7 Å². The first-order valence-corrected chi connectivity index (χ1v) is 6.99. The van der Waals surface area contributed by atoms with Gasteiger partial charge in [0.1, 0.15) is 12.4 Å². The highest BCUT2D eigenvalue weighted by Crippen LogP contribution is 2.22. The van der Waals surface area contributed by atoms with Crippen LogP contribution in [0.2, 0.25) is 5.02 Å². The zero-order valence-electron chi connectivity index (χ0n) is 11.4. The largest absolute Gasteiger partial charge is 0.490 e. The Bertz CT molecular complexity index is 469. The molecule has 1 saturated heterocycles. The smallest absolute Gasteiger partial charge is 0.239 e. The molecule has 1 aromatic rings. The molecule has 0 aliphatic carbocycles. The van der Waals surface area contributed by atoms with Crippen LogP contribution in [0.25, 0.3) is 0 Å². The van der Waals surface area contributed by atoms with Gasteiger partial charge in [0, 0.05) is 13.6 Å². The predicted molar refractivity (Wildman–Crippen MR) is 77.0 cm³/mol. The summed E-state index contributed by atoms with van der Waals surface area (Å²) in [6, 6.07) is 6.94. The lowest BCUT2D eigenvalue weighted by molar-refractivity contribution is -0.132. The number of carbonyl (C=O) groups excluding carboxylic acids is 1. The predicted octanol–water partition coefficient (Wildman–Crippen LogP) is 0.900. The van der Waals surface area contributed by atoms with Crippen LogP contribution < -0.4 is 10.1 Å². The molecule has 1 aromatic carbocycles. The van der Waals surface area contributed by atoms with E-state index in [1.165, 1.54) is 0 Å². The van der Waals surface area contributed by atoms with E-state index in [2.05, 4.69) is 5.32 Å². The van der Waals surface area contributed by atoms with E-state index in [0.717, 1.165) is 0 Å². The number of likely N-dealkylation sites (N-methyl/N-ethyl adjacent to an activating group) is 1. The van der Waals surface area contributed by atoms with Crippen LogP contribution in [0.15, 0.2) is 24.3 Å². The second kappa shape index (κ2) is 6.92. The van der Waals surface area contributed by atoms with Crippen molar-refractivity contribution in [2.75, 3.05) is 26.7 Å². The number of hydrogen-bond donors (Lipinski definition) is 2. The summed E-state index contributed by atoms with van der Waals surface area (Å²) >= 11 is 5.98. The number of carbonyl (C=O) groups is 1. The van der Waals surface area contributed by atoms with E-state index in [4.69, 9.17) is 16.3 Å². The molecule has 20 heavy (non-hydrogen) atoms. The van der Waals surface area contributed by atoms with E-state index in [1.807, 2.05) is 12.1 Å². The standard InChI is InChI=1S/C14H19ClN2O3/c1-17(14(19)12-8-10(18)9-16-12)6-7-20-13-5-3-2-4-11(13)15/h2-5,10,12,16,18H,6-9H2,1H3. The number of benzene rings is 1. The highest BCUT2D eigenvalue weighted by Gasteiger charge is 2.29. The fourth-order valence-corrected chi connectivity index (χ4v) is 2.33. The summed E-state index contributed by atoms with van der Waals surface area (Å²) in [4.78, 5) is 13.7. The Morgan fingerprint density at radius 2 is 2.30 bits per heavy atom. The number of halogens is 1. The van der Waals surface area contributed by atoms with Gasteiger partial charge in [0.2, 0.25) is 5.91 Å². The first kappa shape index (κ1) is 15.1. The van der Waals surface area contributed by atoms with E-state index in [1.54, 1.807) is 24.1 Å². The molecule has 6 heteroatoms. The molecule has 2 rings (SSSR count). The topological polar surface area (TPSA) is 61.8 Å². The molecule has 2 unspecified atom stereocenters. The van der Waals surface area contributed by atoms with E-state index in [0.29, 0.717) is 36.9 Å². The molecule has 1 heterocycles. The van der Waals surface area contributed by atoms with E-state index < -0.39 is 6.10 Å². The SMILES string of the molecule is CN(CCOc1ccccc1Cl)C(=O)C1CC(O)CN1. The zero-order chi connectivity index (χ0) is 14.5. The minimum Gasteiger partial charge on any atom is -0.490 e. The average Bonchev–Trinajstić information content (AvgIpc) is 2.86. The second-order valence-corrected chi connectivity index (χ2v) is 5.30. The van der Waals surface area contributed by atoms with Gasteiger partial charge in [0.15, 0.2) is 0 Å². The van der Waals surface area contributed by atoms with Crippen molar-refractivity contribution in [2.45, 2.75) is 18.6 Å². The fraction of sp³-hybridized carbons (Fsp3) is 0.500. The Labute approximate surface area is 123 Å². The molecule has 2 N–H and O–H groups in total. The maximum absolute atomic E-state index is 12.1. The Kier molecular flexibility index (Phi) is 5.23. The van der Waals surface area contributed by atoms with Crippen LogP contribution in [0.1, 0.15) is 6.42 Å². The minimum atomic E-state index is -0.434. The van der Waals surface area contributed by atoms with Crippen LogP contribution in [-0.2, 0) is 4.79 Å². The number of aliphatic hydroxyl groups excluding tert-OH is 1. The third-order valence-electron chi connectivity index (χ3n) is 3.30. The lowest BCUT2D eigenvalue weighted by Crippen LogP contribution is -2.43. The summed E-state index contributed by atoms with van der Waals surface area (Å²) in [5.41, 5.74) is 0. The normalized spacial score (nSPS) is 21.8. The van der Waals surface area contributed by atoms with E-state index in [9.17, 15) is 9.90 Å². The zero-order valence-corrected chi connectivity index (χ0v) is 12.1. The van der Waals surface area contributed by atoms with E-state index in [-0.39, 0.29) is 11.9 Å². The summed E-state index contributed by atoms with van der Waals surface area (Å²) < 4.78 is 5.55. The number of β-amino-alcohol motifs (C(OH)–C–C–N with tert-alkyl or cyclic N) is 1. The number of rotatable bonds is 5. The van der Waals surface area contributed by atoms with Gasteiger partial charge >= 0.3 is 0 Å². The molecule has 0 bridgehead atoms. The van der Waals surface area contributed by atoms with Gasteiger partial charge in [-0.05, 0) is 18.6 Å². The number of nitrogens with zero attached hydrogens (tertiary/aromatic N) is 1. The van der Waals surface area contributed by atoms with Crippen LogP contribution in [0.3, 0.4) is 0 Å². The molecular formula is C14H19ClN2O3. The number of aliphatic hydroxyl groups is 1. The molecule has 0 saturated carbocycles. The molecule has 2 atom stereocenters. The average molecular weight is 299 g/mol. The molecule has 1 amide bonds. The molecule has 5 nitrogen and oxygen atoms in total. The summed E-state index contributed by atoms with van der Waals surface area (Å²) in [7, 11) is 1.73. The summed E-state index contributed by atoms with van der Waals surface area (Å²) in [6.45, 7) is 1.32. The van der Waals surface area contributed by atoms with E-state index >= 15 is 0 Å². The van der Waals surface area contributed by atoms with Gasteiger partial charge in [-0.25, -0.2) is 0 Å². The maximum Gasteiger partial charge on any atom is 0.239 e. The van der Waals surface area contributed by atoms with Crippen LogP contribution >= 0.6 is 11.6 Å². The molecule has 0 spiro atoms. The number of para-hydroxylation sites is 1. The number of nitrogens with one attached hydrogen (secondary N) is 1. The number of ether oxygens (including phenoxy) is 1. The van der Waals surface area contributed by atoms with Crippen LogP contribution in [0.4, 0.5) is 0 Å². The van der Waals surface area contributed by atoms with Crippen molar-refractivity contribution in [1.82, 2.24) is 10.2 Å². The number of amides is 1. The van der Waals surface area contributed by atoms with Crippen molar-refractivity contribution in [3.63, 3.8) is 0 Å². The Morgan fingerprint density at radius 3 is 2.95 bits per heavy atom. The first-order chi connectivity index (χ1) is 9.58. The second-order valence-electron chi connectivity index (χ2n) is 4.89. The van der Waals surface area contributed by atoms with Crippen molar-refractivity contribution < 1.29 is 14.6 Å². The van der Waals surface area contributed by atoms with Gasteiger partial charge < -0.3 is 20.1 Å². The molecule has 1 aliphatic rings. The van der Waals surface area contributed by atoms with Crippen LogP contribution in [0.5, 0.6) is 5.75 Å². The third-order valence-corrected chi connectivity index (χ3v) is 3.62. The quantitative estimate of drug-likeness (QED) is 0.848. The molecular weight excluding hydrogens is 280 g/mol. The van der Waals surface area contributed by atoms with Crippen LogP contribution in [-0.4, -0.2) is 54.8 Å². The monoisotopic (exact) mass is 298 g/mol. The Balaban J connectivity index is 1.76. The van der Waals surface area contributed by atoms with Crippen molar-refractivity contribution in [1.29, 1.82) is 0 Å². The summed E-state index contributed by atoms with van der Waals surface area (Å²) in [5, 5.41) is 13.0. The van der Waals surface area contributed by atoms with Crippen molar-refractivity contribution in [2.24, 2.45) is 0 Å². The van der Waals surface area contributed by atoms with Gasteiger partial charge in [-0.2, -0.15) is 0 Å². The number of hydrogen-bond acceptors (Lipinski definition) is 4. The van der Waals surface area contributed by atoms with Crippen molar-refractivity contribution in [3.05, 3.63) is 29.3 Å². The maximum atomic E-state index is 12.1. The van der Waals surface area contributed by atoms with Crippen LogP contribution in [0, 0.1) is 0 Å². The van der Waals surface area contributed by atoms with Gasteiger partial charge in [-0.15, -0.1) is 0 Å². The molecule has 1 aliphatic heterocycles. The molecule has 110 valence electrons.